The first kappa shape index (κ1) is 25.2. The number of hydrogen-bond donors (Lipinski definition) is 0. The third kappa shape index (κ3) is 3.03. The lowest BCUT2D eigenvalue weighted by Gasteiger charge is -2.53. The second kappa shape index (κ2) is 9.05. The van der Waals surface area contributed by atoms with Crippen LogP contribution in [0.25, 0.3) is 0 Å². The molecule has 218 valence electrons. The first-order valence-electron chi connectivity index (χ1n) is 16.3. The maximum absolute atomic E-state index is 6.67. The molecule has 0 saturated carbocycles. The molecule has 3 nitrogen and oxygen atoms in total. The molecule has 47 heavy (non-hydrogen) atoms. The second-order valence-corrected chi connectivity index (χ2v) is 12.8. The van der Waals surface area contributed by atoms with Crippen LogP contribution in [0.2, 0.25) is 0 Å². The molecular weight excluding hydrogens is 571 g/mol. The zero-order chi connectivity index (χ0) is 30.7. The molecule has 11 rings (SSSR count). The highest BCUT2D eigenvalue weighted by Gasteiger charge is 2.55. The maximum atomic E-state index is 6.67. The molecule has 1 spiro atoms. The molecule has 0 radical (unpaired) electrons. The summed E-state index contributed by atoms with van der Waals surface area (Å²) >= 11 is 0. The van der Waals surface area contributed by atoms with Crippen LogP contribution >= 0.6 is 0 Å². The van der Waals surface area contributed by atoms with E-state index in [1.165, 1.54) is 67.1 Å². The standard InChI is InChI=1S/C43H27BN2O/c1-2-14-28(15-3-1)45-36-22-10-7-19-33(36)44-34-20-8-11-23-37(34)46-35-21-9-4-16-29(35)43(32-26-27-38(45)41(44)42(32)46)30-17-5-12-24-39(30)47-40-25-13-6-18-31(40)43/h1-27H. The lowest BCUT2D eigenvalue weighted by atomic mass is 9.33. The zero-order valence-electron chi connectivity index (χ0n) is 25.5. The number of rotatable bonds is 1. The van der Waals surface area contributed by atoms with Crippen LogP contribution in [0.4, 0.5) is 34.1 Å². The van der Waals surface area contributed by atoms with Gasteiger partial charge in [-0.1, -0.05) is 115 Å². The third-order valence-electron chi connectivity index (χ3n) is 10.7. The normalized spacial score (nSPS) is 15.0. The Hall–Kier alpha value is -6.00. The van der Waals surface area contributed by atoms with Gasteiger partial charge in [0.1, 0.15) is 11.5 Å². The minimum absolute atomic E-state index is 0.0798. The van der Waals surface area contributed by atoms with Crippen LogP contribution in [-0.4, -0.2) is 6.71 Å². The Balaban J connectivity index is 1.35. The van der Waals surface area contributed by atoms with Gasteiger partial charge in [-0.15, -0.1) is 0 Å². The molecule has 4 aliphatic rings. The molecule has 0 bridgehead atoms. The first-order chi connectivity index (χ1) is 23.4. The largest absolute Gasteiger partial charge is 0.457 e. The summed E-state index contributed by atoms with van der Waals surface area (Å²) in [7, 11) is 0. The molecule has 4 heterocycles. The summed E-state index contributed by atoms with van der Waals surface area (Å²) in [6.07, 6.45) is 0. The van der Waals surface area contributed by atoms with Crippen molar-refractivity contribution < 1.29 is 4.74 Å². The number of para-hydroxylation sites is 6. The molecule has 0 aliphatic carbocycles. The van der Waals surface area contributed by atoms with Gasteiger partial charge in [-0.2, -0.15) is 0 Å². The summed E-state index contributed by atoms with van der Waals surface area (Å²) in [5.74, 6) is 1.81. The number of benzene rings is 7. The molecule has 7 aromatic rings. The van der Waals surface area contributed by atoms with E-state index in [-0.39, 0.29) is 6.71 Å². The summed E-state index contributed by atoms with van der Waals surface area (Å²) in [6, 6.07) is 59.9. The Labute approximate surface area is 274 Å². The Kier molecular flexibility index (Phi) is 4.86. The van der Waals surface area contributed by atoms with Gasteiger partial charge in [0, 0.05) is 39.6 Å². The van der Waals surface area contributed by atoms with E-state index in [1.54, 1.807) is 0 Å². The van der Waals surface area contributed by atoms with Crippen molar-refractivity contribution in [2.45, 2.75) is 5.41 Å². The van der Waals surface area contributed by atoms with Crippen molar-refractivity contribution in [3.8, 4) is 11.5 Å². The van der Waals surface area contributed by atoms with Crippen molar-refractivity contribution >= 4 is 57.2 Å². The van der Waals surface area contributed by atoms with E-state index < -0.39 is 5.41 Å². The highest BCUT2D eigenvalue weighted by atomic mass is 16.5. The molecule has 0 amide bonds. The molecule has 0 atom stereocenters. The molecule has 4 heteroatoms. The quantitative estimate of drug-likeness (QED) is 0.176. The smallest absolute Gasteiger partial charge is 0.252 e. The summed E-state index contributed by atoms with van der Waals surface area (Å²) in [6.45, 7) is 0.0798. The van der Waals surface area contributed by atoms with Crippen LogP contribution in [-0.2, 0) is 5.41 Å². The van der Waals surface area contributed by atoms with E-state index in [1.807, 2.05) is 0 Å². The van der Waals surface area contributed by atoms with Crippen LogP contribution in [0.5, 0.6) is 11.5 Å². The fourth-order valence-corrected chi connectivity index (χ4v) is 9.03. The van der Waals surface area contributed by atoms with Crippen molar-refractivity contribution in [3.05, 3.63) is 186 Å². The Morgan fingerprint density at radius 1 is 0.404 bits per heavy atom. The van der Waals surface area contributed by atoms with E-state index in [0.717, 1.165) is 17.2 Å². The van der Waals surface area contributed by atoms with Crippen molar-refractivity contribution in [1.29, 1.82) is 0 Å². The minimum Gasteiger partial charge on any atom is -0.457 e. The Morgan fingerprint density at radius 2 is 0.936 bits per heavy atom. The number of nitrogens with zero attached hydrogens (tertiary/aromatic N) is 2. The molecule has 0 unspecified atom stereocenters. The van der Waals surface area contributed by atoms with Crippen molar-refractivity contribution in [2.75, 3.05) is 9.80 Å². The highest BCUT2D eigenvalue weighted by Crippen LogP contribution is 2.63. The van der Waals surface area contributed by atoms with E-state index >= 15 is 0 Å². The van der Waals surface area contributed by atoms with E-state index in [4.69, 9.17) is 4.74 Å². The molecule has 0 fully saturated rings. The van der Waals surface area contributed by atoms with Crippen LogP contribution in [0.15, 0.2) is 164 Å². The molecule has 0 N–H and O–H groups in total. The minimum atomic E-state index is -0.575. The lowest BCUT2D eigenvalue weighted by Crippen LogP contribution is -2.62. The number of ether oxygens (including phenoxy) is 1. The van der Waals surface area contributed by atoms with Gasteiger partial charge < -0.3 is 14.5 Å². The highest BCUT2D eigenvalue weighted by molar-refractivity contribution is 7.00. The summed E-state index contributed by atoms with van der Waals surface area (Å²) in [4.78, 5) is 5.02. The van der Waals surface area contributed by atoms with E-state index in [0.29, 0.717) is 0 Å². The number of anilines is 6. The van der Waals surface area contributed by atoms with Crippen LogP contribution in [0.3, 0.4) is 0 Å². The van der Waals surface area contributed by atoms with Gasteiger partial charge in [0.25, 0.3) is 6.71 Å². The Morgan fingerprint density at radius 3 is 1.62 bits per heavy atom. The van der Waals surface area contributed by atoms with Gasteiger partial charge in [-0.25, -0.2) is 0 Å². The van der Waals surface area contributed by atoms with Gasteiger partial charge in [0.05, 0.1) is 11.1 Å². The van der Waals surface area contributed by atoms with Gasteiger partial charge in [-0.05, 0) is 76.0 Å². The van der Waals surface area contributed by atoms with E-state index in [2.05, 4.69) is 174 Å². The maximum Gasteiger partial charge on any atom is 0.252 e. The average Bonchev–Trinajstić information content (AvgIpc) is 3.14. The van der Waals surface area contributed by atoms with Gasteiger partial charge in [-0.3, -0.25) is 0 Å². The molecule has 7 aromatic carbocycles. The average molecular weight is 599 g/mol. The van der Waals surface area contributed by atoms with Crippen LogP contribution in [0.1, 0.15) is 22.3 Å². The molecule has 0 saturated heterocycles. The topological polar surface area (TPSA) is 15.7 Å². The van der Waals surface area contributed by atoms with Gasteiger partial charge in [0.2, 0.25) is 0 Å². The second-order valence-electron chi connectivity index (χ2n) is 12.8. The monoisotopic (exact) mass is 598 g/mol. The summed E-state index contributed by atoms with van der Waals surface area (Å²) in [5, 5.41) is 0. The van der Waals surface area contributed by atoms with Crippen molar-refractivity contribution in [1.82, 2.24) is 0 Å². The SMILES string of the molecule is c1ccc(N2c3ccccc3B3c4ccccc4N4c5ccccc5C5(c6ccccc6Oc6ccccc65)c5ccc2c3c54)cc1. The molecular formula is C43H27BN2O. The molecule has 4 aliphatic heterocycles. The Bertz CT molecular complexity index is 2380. The fraction of sp³-hybridized carbons (Fsp3) is 0.0233. The van der Waals surface area contributed by atoms with Gasteiger partial charge >= 0.3 is 0 Å². The van der Waals surface area contributed by atoms with Crippen molar-refractivity contribution in [3.63, 3.8) is 0 Å². The predicted octanol–water partition coefficient (Wildman–Crippen LogP) is 8.57. The van der Waals surface area contributed by atoms with Crippen LogP contribution < -0.4 is 30.9 Å². The number of hydrogen-bond acceptors (Lipinski definition) is 3. The van der Waals surface area contributed by atoms with E-state index in [9.17, 15) is 0 Å². The first-order valence-corrected chi connectivity index (χ1v) is 16.3. The summed E-state index contributed by atoms with van der Waals surface area (Å²) < 4.78 is 6.67. The third-order valence-corrected chi connectivity index (χ3v) is 10.7. The fourth-order valence-electron chi connectivity index (χ4n) is 9.03. The lowest BCUT2D eigenvalue weighted by molar-refractivity contribution is 0.434. The predicted molar refractivity (Wildman–Crippen MR) is 192 cm³/mol. The van der Waals surface area contributed by atoms with Gasteiger partial charge in [0.15, 0.2) is 0 Å². The summed E-state index contributed by atoms with van der Waals surface area (Å²) in [5.41, 5.74) is 15.6. The van der Waals surface area contributed by atoms with Crippen molar-refractivity contribution in [2.24, 2.45) is 0 Å². The molecule has 0 aromatic heterocycles. The number of fused-ring (bicyclic) bond motifs is 13. The van der Waals surface area contributed by atoms with Crippen LogP contribution in [0, 0.1) is 0 Å². The zero-order valence-corrected chi connectivity index (χ0v) is 25.5.